The number of hydrogen-bond acceptors (Lipinski definition) is 3. The Labute approximate surface area is 287 Å². The van der Waals surface area contributed by atoms with E-state index in [1.165, 1.54) is 37.8 Å². The second-order valence-electron chi connectivity index (χ2n) is 13.3. The predicted octanol–water partition coefficient (Wildman–Crippen LogP) is 10.2. The summed E-state index contributed by atoms with van der Waals surface area (Å²) in [5.41, 5.74) is 10.2. The molecule has 0 radical (unpaired) electrons. The Bertz CT molecular complexity index is 2520. The predicted molar refractivity (Wildman–Crippen MR) is 207 cm³/mol. The highest BCUT2D eigenvalue weighted by Crippen LogP contribution is 2.36. The van der Waals surface area contributed by atoms with Crippen LogP contribution in [0.5, 0.6) is 0 Å². The van der Waals surface area contributed by atoms with Crippen molar-refractivity contribution in [3.05, 3.63) is 164 Å². The Morgan fingerprint density at radius 2 is 0.898 bits per heavy atom. The molecule has 7 aromatic carbocycles. The minimum atomic E-state index is -2.03. The van der Waals surface area contributed by atoms with Crippen molar-refractivity contribution in [2.45, 2.75) is 13.1 Å². The van der Waals surface area contributed by atoms with Gasteiger partial charge in [-0.3, -0.25) is 0 Å². The van der Waals surface area contributed by atoms with Crippen LogP contribution >= 0.6 is 0 Å². The maximum Gasteiger partial charge on any atom is 0.164 e. The van der Waals surface area contributed by atoms with Crippen LogP contribution in [0.3, 0.4) is 0 Å². The first-order chi connectivity index (χ1) is 24.0. The summed E-state index contributed by atoms with van der Waals surface area (Å²) < 4.78 is 0. The van der Waals surface area contributed by atoms with Gasteiger partial charge in [-0.1, -0.05) is 171 Å². The van der Waals surface area contributed by atoms with Crippen LogP contribution in [0.2, 0.25) is 13.1 Å². The van der Waals surface area contributed by atoms with Crippen LogP contribution in [0.1, 0.15) is 0 Å². The maximum absolute atomic E-state index is 5.29. The zero-order valence-electron chi connectivity index (χ0n) is 27.4. The topological polar surface area (TPSA) is 38.7 Å². The molecule has 0 atom stereocenters. The Hall–Kier alpha value is -5.97. The number of fused-ring (bicyclic) bond motifs is 4. The van der Waals surface area contributed by atoms with Crippen molar-refractivity contribution < 1.29 is 0 Å². The van der Waals surface area contributed by atoms with E-state index >= 15 is 0 Å². The average molecular weight is 644 g/mol. The molecule has 0 unspecified atom stereocenters. The van der Waals surface area contributed by atoms with Gasteiger partial charge in [-0.25, -0.2) is 15.0 Å². The van der Waals surface area contributed by atoms with E-state index in [1.807, 2.05) is 6.07 Å². The van der Waals surface area contributed by atoms with Crippen LogP contribution in [0.4, 0.5) is 0 Å². The molecule has 3 nitrogen and oxygen atoms in total. The molecule has 1 aromatic heterocycles. The van der Waals surface area contributed by atoms with Crippen LogP contribution < -0.4 is 10.4 Å². The van der Waals surface area contributed by atoms with Crippen molar-refractivity contribution >= 4 is 29.2 Å². The number of nitrogens with zero attached hydrogens (tertiary/aromatic N) is 3. The van der Waals surface area contributed by atoms with Crippen molar-refractivity contribution in [1.82, 2.24) is 15.0 Å². The van der Waals surface area contributed by atoms with E-state index in [1.54, 1.807) is 0 Å². The van der Waals surface area contributed by atoms with E-state index in [4.69, 9.17) is 15.0 Å². The molecule has 0 N–H and O–H groups in total. The maximum atomic E-state index is 5.29. The SMILES string of the molecule is C[Si]1(C)c2ccccc2-c2cccc(-c3nc(-c4ccc(-c5ccc6ccccc6c5)cc4)nc(-c4ccccc4-c4ccccc4)n3)c21. The largest absolute Gasteiger partial charge is 0.208 e. The van der Waals surface area contributed by atoms with Crippen LogP contribution in [0, 0.1) is 0 Å². The fraction of sp³-hybridized carbons (Fsp3) is 0.0444. The highest BCUT2D eigenvalue weighted by atomic mass is 28.3. The molecule has 0 fully saturated rings. The molecule has 0 saturated carbocycles. The van der Waals surface area contributed by atoms with Gasteiger partial charge in [0.05, 0.1) is 0 Å². The Kier molecular flexibility index (Phi) is 6.92. The molecule has 0 spiro atoms. The van der Waals surface area contributed by atoms with Gasteiger partial charge in [0.25, 0.3) is 0 Å². The summed E-state index contributed by atoms with van der Waals surface area (Å²) in [6.07, 6.45) is 0. The van der Waals surface area contributed by atoms with Gasteiger partial charge >= 0.3 is 0 Å². The van der Waals surface area contributed by atoms with Gasteiger partial charge in [0, 0.05) is 16.7 Å². The highest BCUT2D eigenvalue weighted by Gasteiger charge is 2.39. The van der Waals surface area contributed by atoms with Crippen molar-refractivity contribution in [3.63, 3.8) is 0 Å². The van der Waals surface area contributed by atoms with Crippen molar-refractivity contribution in [2.75, 3.05) is 0 Å². The molecule has 2 heterocycles. The van der Waals surface area contributed by atoms with E-state index in [-0.39, 0.29) is 0 Å². The summed E-state index contributed by atoms with van der Waals surface area (Å²) in [5.74, 6) is 2.05. The number of aromatic nitrogens is 3. The smallest absolute Gasteiger partial charge is 0.164 e. The van der Waals surface area contributed by atoms with Gasteiger partial charge in [0.15, 0.2) is 17.5 Å². The van der Waals surface area contributed by atoms with Gasteiger partial charge in [0.1, 0.15) is 8.07 Å². The summed E-state index contributed by atoms with van der Waals surface area (Å²) >= 11 is 0. The minimum absolute atomic E-state index is 0.667. The lowest BCUT2D eigenvalue weighted by Gasteiger charge is -2.22. The zero-order valence-corrected chi connectivity index (χ0v) is 28.4. The Balaban J connectivity index is 1.22. The summed E-state index contributed by atoms with van der Waals surface area (Å²) in [6.45, 7) is 4.89. The normalized spacial score (nSPS) is 12.9. The van der Waals surface area contributed by atoms with Gasteiger partial charge in [0.2, 0.25) is 0 Å². The zero-order chi connectivity index (χ0) is 33.0. The Morgan fingerprint density at radius 3 is 1.69 bits per heavy atom. The number of rotatable bonds is 5. The molecule has 0 bridgehead atoms. The van der Waals surface area contributed by atoms with E-state index in [9.17, 15) is 0 Å². The van der Waals surface area contributed by atoms with Gasteiger partial charge in [-0.15, -0.1) is 0 Å². The van der Waals surface area contributed by atoms with E-state index in [2.05, 4.69) is 171 Å². The first kappa shape index (κ1) is 29.2. The third kappa shape index (κ3) is 5.00. The molecule has 8 aromatic rings. The van der Waals surface area contributed by atoms with E-state index in [0.29, 0.717) is 17.5 Å². The molecule has 0 saturated heterocycles. The van der Waals surface area contributed by atoms with Crippen LogP contribution in [0.25, 0.3) is 78.3 Å². The van der Waals surface area contributed by atoms with Crippen molar-refractivity contribution in [3.8, 4) is 67.5 Å². The fourth-order valence-electron chi connectivity index (χ4n) is 7.51. The Morgan fingerprint density at radius 1 is 0.347 bits per heavy atom. The van der Waals surface area contributed by atoms with Crippen molar-refractivity contribution in [1.29, 1.82) is 0 Å². The molecule has 1 aliphatic rings. The van der Waals surface area contributed by atoms with Crippen LogP contribution in [-0.2, 0) is 0 Å². The molecular formula is C45H33N3Si. The summed E-state index contributed by atoms with van der Waals surface area (Å²) in [6, 6.07) is 58.1. The highest BCUT2D eigenvalue weighted by molar-refractivity contribution is 7.04. The van der Waals surface area contributed by atoms with E-state index < -0.39 is 8.07 Å². The quantitative estimate of drug-likeness (QED) is 0.175. The first-order valence-corrected chi connectivity index (χ1v) is 19.8. The average Bonchev–Trinajstić information content (AvgIpc) is 3.41. The lowest BCUT2D eigenvalue weighted by molar-refractivity contribution is 1.08. The van der Waals surface area contributed by atoms with Gasteiger partial charge in [-0.05, 0) is 60.6 Å². The lowest BCUT2D eigenvalue weighted by atomic mass is 9.98. The van der Waals surface area contributed by atoms with E-state index in [0.717, 1.165) is 33.4 Å². The second kappa shape index (κ2) is 11.6. The standard InChI is InChI=1S/C45H33N3Si/c1-49(2)41-22-11-10-18-37(41)38-20-12-21-40(42(38)49)45-47-43(46-44(48-45)39-19-9-8-17-36(39)32-14-4-3-5-15-32)33-26-23-31(24-27-33)35-28-25-30-13-6-7-16-34(30)29-35/h3-29H,1-2H3. The van der Waals surface area contributed by atoms with Gasteiger partial charge in [-0.2, -0.15) is 0 Å². The summed E-state index contributed by atoms with van der Waals surface area (Å²) in [5, 5.41) is 5.33. The number of hydrogen-bond donors (Lipinski definition) is 0. The molecule has 0 amide bonds. The lowest BCUT2D eigenvalue weighted by Crippen LogP contribution is -2.50. The third-order valence-electron chi connectivity index (χ3n) is 9.94. The third-order valence-corrected chi connectivity index (χ3v) is 13.5. The second-order valence-corrected chi connectivity index (χ2v) is 17.5. The molecule has 4 heteroatoms. The molecule has 1 aliphatic heterocycles. The molecular weight excluding hydrogens is 611 g/mol. The molecule has 0 aliphatic carbocycles. The summed E-state index contributed by atoms with van der Waals surface area (Å²) in [7, 11) is -2.03. The van der Waals surface area contributed by atoms with Crippen LogP contribution in [0.15, 0.2) is 164 Å². The van der Waals surface area contributed by atoms with Gasteiger partial charge < -0.3 is 0 Å². The van der Waals surface area contributed by atoms with Crippen molar-refractivity contribution in [2.24, 2.45) is 0 Å². The minimum Gasteiger partial charge on any atom is -0.208 e. The first-order valence-electron chi connectivity index (χ1n) is 16.8. The molecule has 232 valence electrons. The van der Waals surface area contributed by atoms with Crippen LogP contribution in [-0.4, -0.2) is 23.0 Å². The monoisotopic (exact) mass is 643 g/mol. The molecule has 9 rings (SSSR count). The summed E-state index contributed by atoms with van der Waals surface area (Å²) in [4.78, 5) is 15.7. The fourth-order valence-corrected chi connectivity index (χ4v) is 10.9. The number of benzene rings is 7. The molecule has 49 heavy (non-hydrogen) atoms.